The van der Waals surface area contributed by atoms with E-state index in [9.17, 15) is 30.8 Å². The average molecular weight is 606 g/mol. The van der Waals surface area contributed by atoms with E-state index in [0.29, 0.717) is 41.5 Å². The molecule has 0 spiro atoms. The van der Waals surface area contributed by atoms with Crippen LogP contribution in [0.2, 0.25) is 0 Å². The molecule has 0 bridgehead atoms. The highest BCUT2D eigenvalue weighted by atomic mass is 32.2. The van der Waals surface area contributed by atoms with Crippen LogP contribution in [0.5, 0.6) is 5.75 Å². The van der Waals surface area contributed by atoms with Gasteiger partial charge in [-0.1, -0.05) is 19.1 Å². The van der Waals surface area contributed by atoms with Crippen LogP contribution in [-0.4, -0.2) is 53.3 Å². The standard InChI is InChI=1S/C30H31F4N3O4S/c1-4-41-23-12-10-22(11-13-23)29-28(35-26-8-6-7-15-37(26)29)20(3)36(16-17-42(39,40)5-2)27(38)19-21-9-14-25(31)24(18-21)30(32,33)34/h6-15,18,20H,4-5,16-17,19H2,1-3H3/t20-/m1/s1. The summed E-state index contributed by atoms with van der Waals surface area (Å²) < 4.78 is 86.1. The van der Waals surface area contributed by atoms with E-state index in [4.69, 9.17) is 9.72 Å². The summed E-state index contributed by atoms with van der Waals surface area (Å²) in [4.78, 5) is 19.7. The summed E-state index contributed by atoms with van der Waals surface area (Å²) in [6.45, 7) is 5.35. The molecule has 4 aromatic rings. The third kappa shape index (κ3) is 6.92. The van der Waals surface area contributed by atoms with Crippen molar-refractivity contribution in [1.82, 2.24) is 14.3 Å². The second-order valence-electron chi connectivity index (χ2n) is 9.72. The summed E-state index contributed by atoms with van der Waals surface area (Å²) in [6.07, 6.45) is -3.62. The molecule has 0 fully saturated rings. The molecule has 12 heteroatoms. The Kier molecular flexibility index (Phi) is 9.24. The molecule has 1 atom stereocenters. The molecular weight excluding hydrogens is 574 g/mol. The van der Waals surface area contributed by atoms with Crippen molar-refractivity contribution < 1.29 is 35.5 Å². The van der Waals surface area contributed by atoms with E-state index in [1.807, 2.05) is 41.8 Å². The minimum atomic E-state index is -4.94. The van der Waals surface area contributed by atoms with Crippen LogP contribution >= 0.6 is 0 Å². The van der Waals surface area contributed by atoms with Crippen molar-refractivity contribution in [1.29, 1.82) is 0 Å². The molecule has 0 N–H and O–H groups in total. The lowest BCUT2D eigenvalue weighted by Gasteiger charge is -2.29. The zero-order valence-corrected chi connectivity index (χ0v) is 24.2. The third-order valence-corrected chi connectivity index (χ3v) is 8.64. The van der Waals surface area contributed by atoms with Gasteiger partial charge in [-0.15, -0.1) is 0 Å². The van der Waals surface area contributed by atoms with Crippen molar-refractivity contribution in [3.8, 4) is 17.0 Å². The predicted octanol–water partition coefficient (Wildman–Crippen LogP) is 6.12. The second-order valence-corrected chi connectivity index (χ2v) is 12.2. The van der Waals surface area contributed by atoms with Crippen molar-refractivity contribution in [3.05, 3.63) is 89.5 Å². The molecule has 1 amide bonds. The largest absolute Gasteiger partial charge is 0.494 e. The molecule has 0 unspecified atom stereocenters. The first-order valence-corrected chi connectivity index (χ1v) is 15.2. The first-order chi connectivity index (χ1) is 19.8. The quantitative estimate of drug-likeness (QED) is 0.192. The van der Waals surface area contributed by atoms with Crippen LogP contribution in [0.1, 0.15) is 43.6 Å². The summed E-state index contributed by atoms with van der Waals surface area (Å²) in [5.74, 6) is -1.88. The monoisotopic (exact) mass is 605 g/mol. The summed E-state index contributed by atoms with van der Waals surface area (Å²) in [6, 6.07) is 14.4. The number of halogens is 4. The number of pyridine rings is 1. The predicted molar refractivity (Wildman–Crippen MR) is 151 cm³/mol. The zero-order chi connectivity index (χ0) is 30.7. The maximum absolute atomic E-state index is 13.9. The Labute approximate surface area is 241 Å². The minimum Gasteiger partial charge on any atom is -0.494 e. The average Bonchev–Trinajstić information content (AvgIpc) is 3.34. The number of amides is 1. The first-order valence-electron chi connectivity index (χ1n) is 13.4. The molecule has 7 nitrogen and oxygen atoms in total. The Morgan fingerprint density at radius 1 is 1.07 bits per heavy atom. The Hall–Kier alpha value is -3.93. The molecule has 0 radical (unpaired) electrons. The molecule has 224 valence electrons. The number of hydrogen-bond acceptors (Lipinski definition) is 5. The maximum atomic E-state index is 13.9. The zero-order valence-electron chi connectivity index (χ0n) is 23.4. The van der Waals surface area contributed by atoms with Crippen LogP contribution in [-0.2, 0) is 27.2 Å². The van der Waals surface area contributed by atoms with Crippen LogP contribution in [0.25, 0.3) is 16.9 Å². The molecule has 2 heterocycles. The van der Waals surface area contributed by atoms with Gasteiger partial charge in [0.25, 0.3) is 0 Å². The fraction of sp³-hybridized carbons (Fsp3) is 0.333. The van der Waals surface area contributed by atoms with Gasteiger partial charge < -0.3 is 9.64 Å². The Balaban J connectivity index is 1.76. The van der Waals surface area contributed by atoms with Crippen molar-refractivity contribution in [2.75, 3.05) is 24.7 Å². The van der Waals surface area contributed by atoms with Gasteiger partial charge in [0.05, 0.1) is 41.8 Å². The molecule has 2 aromatic carbocycles. The maximum Gasteiger partial charge on any atom is 0.419 e. The molecule has 0 aliphatic heterocycles. The smallest absolute Gasteiger partial charge is 0.419 e. The van der Waals surface area contributed by atoms with Crippen LogP contribution < -0.4 is 4.74 Å². The van der Waals surface area contributed by atoms with Gasteiger partial charge in [-0.05, 0) is 67.9 Å². The lowest BCUT2D eigenvalue weighted by Crippen LogP contribution is -2.38. The third-order valence-electron chi connectivity index (χ3n) is 6.95. The van der Waals surface area contributed by atoms with Crippen molar-refractivity contribution in [2.24, 2.45) is 0 Å². The van der Waals surface area contributed by atoms with E-state index in [0.717, 1.165) is 11.6 Å². The summed E-state index contributed by atoms with van der Waals surface area (Å²) in [5.41, 5.74) is 0.970. The molecule has 0 aliphatic carbocycles. The highest BCUT2D eigenvalue weighted by Crippen LogP contribution is 2.35. The summed E-state index contributed by atoms with van der Waals surface area (Å²) >= 11 is 0. The number of hydrogen-bond donors (Lipinski definition) is 0. The van der Waals surface area contributed by atoms with Crippen LogP contribution in [0.15, 0.2) is 66.9 Å². The lowest BCUT2D eigenvalue weighted by atomic mass is 10.0. The molecule has 42 heavy (non-hydrogen) atoms. The molecule has 0 saturated carbocycles. The Morgan fingerprint density at radius 2 is 1.79 bits per heavy atom. The number of alkyl halides is 3. The van der Waals surface area contributed by atoms with Gasteiger partial charge >= 0.3 is 6.18 Å². The first kappa shape index (κ1) is 31.0. The SMILES string of the molecule is CCOc1ccc(-c2c([C@@H](C)N(CCS(=O)(=O)CC)C(=O)Cc3ccc(F)c(C(F)(F)F)c3)nc3ccccn23)cc1. The highest BCUT2D eigenvalue weighted by Gasteiger charge is 2.35. The van der Waals surface area contributed by atoms with Crippen molar-refractivity contribution >= 4 is 21.4 Å². The Bertz CT molecular complexity index is 1670. The highest BCUT2D eigenvalue weighted by molar-refractivity contribution is 7.91. The number of benzene rings is 2. The van der Waals surface area contributed by atoms with E-state index >= 15 is 0 Å². The van der Waals surface area contributed by atoms with Gasteiger partial charge in [-0.25, -0.2) is 17.8 Å². The van der Waals surface area contributed by atoms with E-state index in [-0.39, 0.29) is 23.6 Å². The van der Waals surface area contributed by atoms with Gasteiger partial charge in [0, 0.05) is 24.1 Å². The van der Waals surface area contributed by atoms with Gasteiger partial charge in [0.15, 0.2) is 9.84 Å². The van der Waals surface area contributed by atoms with Crippen LogP contribution in [0, 0.1) is 5.82 Å². The number of fused-ring (bicyclic) bond motifs is 1. The molecule has 2 aromatic heterocycles. The van der Waals surface area contributed by atoms with E-state index in [1.165, 1.54) is 11.8 Å². The number of nitrogens with zero attached hydrogens (tertiary/aromatic N) is 3. The fourth-order valence-electron chi connectivity index (χ4n) is 4.71. The number of imidazole rings is 1. The second kappa shape index (κ2) is 12.5. The normalized spacial score (nSPS) is 12.8. The lowest BCUT2D eigenvalue weighted by molar-refractivity contribution is -0.140. The number of sulfone groups is 1. The van der Waals surface area contributed by atoms with E-state index in [2.05, 4.69) is 0 Å². The topological polar surface area (TPSA) is 81.0 Å². The van der Waals surface area contributed by atoms with Crippen molar-refractivity contribution in [2.45, 2.75) is 39.4 Å². The van der Waals surface area contributed by atoms with Gasteiger partial charge in [0.1, 0.15) is 17.2 Å². The number of aromatic nitrogens is 2. The fourth-order valence-corrected chi connectivity index (χ4v) is 5.47. The summed E-state index contributed by atoms with van der Waals surface area (Å²) in [5, 5.41) is 0. The number of ether oxygens (including phenoxy) is 1. The number of carbonyl (C=O) groups excluding carboxylic acids is 1. The minimum absolute atomic E-state index is 0.0500. The van der Waals surface area contributed by atoms with Gasteiger partial charge in [-0.2, -0.15) is 13.2 Å². The molecular formula is C30H31F4N3O4S. The Morgan fingerprint density at radius 3 is 2.43 bits per heavy atom. The molecule has 0 saturated heterocycles. The number of carbonyl (C=O) groups is 1. The summed E-state index contributed by atoms with van der Waals surface area (Å²) in [7, 11) is -3.50. The van der Waals surface area contributed by atoms with Crippen LogP contribution in [0.3, 0.4) is 0 Å². The number of rotatable bonds is 11. The van der Waals surface area contributed by atoms with Gasteiger partial charge in [0.2, 0.25) is 5.91 Å². The molecule has 0 aliphatic rings. The van der Waals surface area contributed by atoms with Crippen molar-refractivity contribution in [3.63, 3.8) is 0 Å². The molecule has 4 rings (SSSR count). The van der Waals surface area contributed by atoms with Gasteiger partial charge in [-0.3, -0.25) is 9.20 Å². The van der Waals surface area contributed by atoms with Crippen LogP contribution in [0.4, 0.5) is 17.6 Å². The van der Waals surface area contributed by atoms with E-state index in [1.54, 1.807) is 25.1 Å². The van der Waals surface area contributed by atoms with E-state index < -0.39 is 45.8 Å².